The number of guanidine groups is 1. The first-order valence-electron chi connectivity index (χ1n) is 10.3. The van der Waals surface area contributed by atoms with Crippen LogP contribution >= 0.6 is 23.1 Å². The number of hydrogen-bond donors (Lipinski definition) is 1. The largest absolute Gasteiger partial charge is 0.357 e. The normalized spacial score (nSPS) is 18.7. The summed E-state index contributed by atoms with van der Waals surface area (Å²) >= 11 is 3.50. The van der Waals surface area contributed by atoms with Crippen molar-refractivity contribution in [2.45, 2.75) is 30.5 Å². The Morgan fingerprint density at radius 1 is 1.21 bits per heavy atom. The molecule has 1 N–H and O–H groups in total. The van der Waals surface area contributed by atoms with Gasteiger partial charge in [0.25, 0.3) is 0 Å². The van der Waals surface area contributed by atoms with Crippen molar-refractivity contribution in [1.82, 2.24) is 25.0 Å². The summed E-state index contributed by atoms with van der Waals surface area (Å²) in [5.41, 5.74) is 0. The summed E-state index contributed by atoms with van der Waals surface area (Å²) in [6.07, 6.45) is 5.21. The second-order valence-corrected chi connectivity index (χ2v) is 9.32. The fourth-order valence-electron chi connectivity index (χ4n) is 3.49. The number of thiazole rings is 1. The van der Waals surface area contributed by atoms with Gasteiger partial charge in [0.1, 0.15) is 4.34 Å². The van der Waals surface area contributed by atoms with Crippen LogP contribution in [-0.2, 0) is 4.79 Å². The number of piperazine rings is 1. The van der Waals surface area contributed by atoms with Crippen LogP contribution in [0.15, 0.2) is 20.9 Å². The molecular weight excluding hydrogens is 392 g/mol. The molecule has 7 nitrogen and oxygen atoms in total. The van der Waals surface area contributed by atoms with Crippen LogP contribution in [-0.4, -0.2) is 96.2 Å². The van der Waals surface area contributed by atoms with Gasteiger partial charge >= 0.3 is 0 Å². The maximum atomic E-state index is 12.3. The minimum atomic E-state index is 0.296. The van der Waals surface area contributed by atoms with Crippen molar-refractivity contribution in [2.75, 3.05) is 64.7 Å². The van der Waals surface area contributed by atoms with Crippen molar-refractivity contribution in [3.05, 3.63) is 11.6 Å². The molecule has 0 bridgehead atoms. The summed E-state index contributed by atoms with van der Waals surface area (Å²) in [6, 6.07) is 0. The fraction of sp³-hybridized carbons (Fsp3) is 0.737. The molecular formula is C19H32N6OS2. The molecule has 28 heavy (non-hydrogen) atoms. The van der Waals surface area contributed by atoms with Gasteiger partial charge in [-0.1, -0.05) is 11.8 Å². The number of amides is 1. The lowest BCUT2D eigenvalue weighted by molar-refractivity contribution is -0.131. The Hall–Kier alpha value is -1.32. The number of nitrogens with zero attached hydrogens (tertiary/aromatic N) is 5. The monoisotopic (exact) mass is 424 g/mol. The molecule has 0 saturated carbocycles. The number of aliphatic imine (C=N–C) groups is 1. The molecule has 0 radical (unpaired) electrons. The van der Waals surface area contributed by atoms with Crippen molar-refractivity contribution in [3.8, 4) is 0 Å². The van der Waals surface area contributed by atoms with Crippen molar-refractivity contribution < 1.29 is 4.79 Å². The molecule has 2 saturated heterocycles. The fourth-order valence-corrected chi connectivity index (χ4v) is 5.12. The van der Waals surface area contributed by atoms with Crippen molar-refractivity contribution in [2.24, 2.45) is 4.99 Å². The molecule has 1 aromatic heterocycles. The predicted molar refractivity (Wildman–Crippen MR) is 117 cm³/mol. The Balaban J connectivity index is 1.38. The highest BCUT2D eigenvalue weighted by molar-refractivity contribution is 8.00. The molecule has 2 aliphatic rings. The first-order valence-corrected chi connectivity index (χ1v) is 12.2. The molecule has 0 atom stereocenters. The molecule has 0 aromatic carbocycles. The molecule has 1 aromatic rings. The Kier molecular flexibility index (Phi) is 8.88. The molecule has 156 valence electrons. The first-order chi connectivity index (χ1) is 13.8. The Labute approximate surface area is 176 Å². The van der Waals surface area contributed by atoms with E-state index in [1.807, 2.05) is 16.5 Å². The van der Waals surface area contributed by atoms with E-state index in [0.717, 1.165) is 87.7 Å². The highest BCUT2D eigenvalue weighted by Gasteiger charge is 2.24. The summed E-state index contributed by atoms with van der Waals surface area (Å²) in [7, 11) is 0. The number of aromatic nitrogens is 1. The number of carbonyl (C=O) groups is 1. The molecule has 2 fully saturated rings. The van der Waals surface area contributed by atoms with Crippen molar-refractivity contribution in [3.63, 3.8) is 0 Å². The third-order valence-corrected chi connectivity index (χ3v) is 7.08. The third kappa shape index (κ3) is 6.63. The van der Waals surface area contributed by atoms with Gasteiger partial charge in [-0.05, 0) is 26.2 Å². The summed E-state index contributed by atoms with van der Waals surface area (Å²) < 4.78 is 1.13. The van der Waals surface area contributed by atoms with E-state index in [-0.39, 0.29) is 0 Å². The standard InChI is InChI=1S/C19H32N6OS2/c1-2-20-18(21-6-5-14-27-19-22-7-15-28-19)25-12-10-23(11-13-25)16-17(26)24-8-3-4-9-24/h7,15H,2-6,8-14,16H2,1H3,(H,20,21). The van der Waals surface area contributed by atoms with Crippen LogP contribution in [0.25, 0.3) is 0 Å². The van der Waals surface area contributed by atoms with E-state index in [4.69, 9.17) is 4.99 Å². The van der Waals surface area contributed by atoms with E-state index < -0.39 is 0 Å². The second kappa shape index (κ2) is 11.6. The van der Waals surface area contributed by atoms with Crippen LogP contribution in [0.1, 0.15) is 26.2 Å². The number of rotatable bonds is 8. The van der Waals surface area contributed by atoms with Gasteiger partial charge in [-0.15, -0.1) is 11.3 Å². The lowest BCUT2D eigenvalue weighted by Gasteiger charge is -2.36. The van der Waals surface area contributed by atoms with Crippen LogP contribution in [0.3, 0.4) is 0 Å². The van der Waals surface area contributed by atoms with Crippen LogP contribution < -0.4 is 5.32 Å². The number of thioether (sulfide) groups is 1. The van der Waals surface area contributed by atoms with E-state index >= 15 is 0 Å². The zero-order valence-electron chi connectivity index (χ0n) is 16.8. The lowest BCUT2D eigenvalue weighted by Crippen LogP contribution is -2.54. The van der Waals surface area contributed by atoms with Gasteiger partial charge in [-0.25, -0.2) is 4.98 Å². The van der Waals surface area contributed by atoms with Crippen LogP contribution in [0.4, 0.5) is 0 Å². The van der Waals surface area contributed by atoms with Crippen LogP contribution in [0.5, 0.6) is 0 Å². The number of hydrogen-bond acceptors (Lipinski definition) is 6. The van der Waals surface area contributed by atoms with Gasteiger partial charge in [0.2, 0.25) is 5.91 Å². The predicted octanol–water partition coefficient (Wildman–Crippen LogP) is 1.83. The lowest BCUT2D eigenvalue weighted by atomic mass is 10.3. The minimum Gasteiger partial charge on any atom is -0.357 e. The van der Waals surface area contributed by atoms with E-state index in [1.54, 1.807) is 23.1 Å². The van der Waals surface area contributed by atoms with Gasteiger partial charge in [-0.2, -0.15) is 0 Å². The van der Waals surface area contributed by atoms with E-state index in [1.165, 1.54) is 0 Å². The van der Waals surface area contributed by atoms with E-state index in [2.05, 4.69) is 27.0 Å². The summed E-state index contributed by atoms with van der Waals surface area (Å²) in [4.78, 5) is 28.1. The Morgan fingerprint density at radius 2 is 2.00 bits per heavy atom. The summed E-state index contributed by atoms with van der Waals surface area (Å²) in [6.45, 7) is 9.95. The SMILES string of the molecule is CCNC(=NCCCSc1nccs1)N1CCN(CC(=O)N2CCCC2)CC1. The third-order valence-electron chi connectivity index (χ3n) is 5.02. The molecule has 0 spiro atoms. The quantitative estimate of drug-likeness (QED) is 0.297. The molecule has 9 heteroatoms. The van der Waals surface area contributed by atoms with Crippen molar-refractivity contribution in [1.29, 1.82) is 0 Å². The first kappa shape index (κ1) is 21.4. The van der Waals surface area contributed by atoms with Gasteiger partial charge in [0, 0.05) is 69.7 Å². The minimum absolute atomic E-state index is 0.296. The average molecular weight is 425 g/mol. The molecule has 1 amide bonds. The van der Waals surface area contributed by atoms with Gasteiger partial charge in [-0.3, -0.25) is 14.7 Å². The Morgan fingerprint density at radius 3 is 2.68 bits per heavy atom. The second-order valence-electron chi connectivity index (χ2n) is 7.09. The molecule has 3 heterocycles. The zero-order chi connectivity index (χ0) is 19.6. The maximum absolute atomic E-state index is 12.3. The van der Waals surface area contributed by atoms with Gasteiger partial charge in [0.15, 0.2) is 5.96 Å². The number of carbonyl (C=O) groups excluding carboxylic acids is 1. The summed E-state index contributed by atoms with van der Waals surface area (Å²) in [5, 5.41) is 5.44. The summed E-state index contributed by atoms with van der Waals surface area (Å²) in [5.74, 6) is 2.35. The number of nitrogens with one attached hydrogen (secondary N) is 1. The van der Waals surface area contributed by atoms with Crippen molar-refractivity contribution >= 4 is 35.0 Å². The molecule has 3 rings (SSSR count). The van der Waals surface area contributed by atoms with Crippen LogP contribution in [0, 0.1) is 0 Å². The molecule has 0 unspecified atom stereocenters. The van der Waals surface area contributed by atoms with Gasteiger partial charge < -0.3 is 15.1 Å². The highest BCUT2D eigenvalue weighted by Crippen LogP contribution is 2.20. The maximum Gasteiger partial charge on any atom is 0.236 e. The topological polar surface area (TPSA) is 64.1 Å². The zero-order valence-corrected chi connectivity index (χ0v) is 18.4. The van der Waals surface area contributed by atoms with E-state index in [9.17, 15) is 4.79 Å². The average Bonchev–Trinajstić information content (AvgIpc) is 3.42. The van der Waals surface area contributed by atoms with Gasteiger partial charge in [0.05, 0.1) is 6.54 Å². The molecule has 0 aliphatic carbocycles. The Bertz CT molecular complexity index is 610. The molecule has 2 aliphatic heterocycles. The highest BCUT2D eigenvalue weighted by atomic mass is 32.2. The number of likely N-dealkylation sites (tertiary alicyclic amines) is 1. The smallest absolute Gasteiger partial charge is 0.236 e. The van der Waals surface area contributed by atoms with E-state index in [0.29, 0.717) is 12.5 Å². The van der Waals surface area contributed by atoms with Crippen LogP contribution in [0.2, 0.25) is 0 Å².